The summed E-state index contributed by atoms with van der Waals surface area (Å²) in [5.41, 5.74) is 0. The molecule has 0 aromatic rings. The van der Waals surface area contributed by atoms with Crippen LogP contribution >= 0.6 is 0 Å². The van der Waals surface area contributed by atoms with E-state index in [1.54, 1.807) is 0 Å². The van der Waals surface area contributed by atoms with Crippen molar-refractivity contribution >= 4 is 8.32 Å². The normalized spacial score (nSPS) is 31.9. The molecule has 0 bridgehead atoms. The number of rotatable bonds is 5. The van der Waals surface area contributed by atoms with Crippen molar-refractivity contribution < 1.29 is 13.9 Å². The van der Waals surface area contributed by atoms with Gasteiger partial charge in [-0.2, -0.15) is 0 Å². The van der Waals surface area contributed by atoms with E-state index >= 15 is 0 Å². The molecule has 1 aliphatic carbocycles. The van der Waals surface area contributed by atoms with Crippen LogP contribution in [0.15, 0.2) is 0 Å². The van der Waals surface area contributed by atoms with Gasteiger partial charge in [0.2, 0.25) is 0 Å². The highest BCUT2D eigenvalue weighted by molar-refractivity contribution is 6.74. The third-order valence-electron chi connectivity index (χ3n) is 5.16. The van der Waals surface area contributed by atoms with Crippen LogP contribution in [0.5, 0.6) is 0 Å². The Hall–Kier alpha value is 0.0969. The maximum Gasteiger partial charge on any atom is 0.191 e. The third kappa shape index (κ3) is 4.29. The Labute approximate surface area is 125 Å². The lowest BCUT2D eigenvalue weighted by Crippen LogP contribution is -2.45. The average molecular weight is 301 g/mol. The molecule has 1 aliphatic heterocycles. The maximum absolute atomic E-state index is 6.29. The molecule has 1 unspecified atom stereocenters. The van der Waals surface area contributed by atoms with Crippen LogP contribution in [0, 0.1) is 5.92 Å². The Bertz CT molecular complexity index is 299. The number of hydrogen-bond acceptors (Lipinski definition) is 3. The Kier molecular flexibility index (Phi) is 5.33. The van der Waals surface area contributed by atoms with Gasteiger partial charge in [-0.25, -0.2) is 0 Å². The second-order valence-corrected chi connectivity index (χ2v) is 12.8. The first-order valence-corrected chi connectivity index (χ1v) is 11.1. The minimum absolute atomic E-state index is 0.0657. The molecule has 0 N–H and O–H groups in total. The van der Waals surface area contributed by atoms with Gasteiger partial charge < -0.3 is 13.9 Å². The van der Waals surface area contributed by atoms with Crippen molar-refractivity contribution in [2.24, 2.45) is 5.92 Å². The molecule has 0 spiro atoms. The molecular weight excluding hydrogens is 268 g/mol. The van der Waals surface area contributed by atoms with E-state index in [2.05, 4.69) is 33.9 Å². The van der Waals surface area contributed by atoms with E-state index in [0.717, 1.165) is 32.5 Å². The molecule has 20 heavy (non-hydrogen) atoms. The predicted octanol–water partition coefficient (Wildman–Crippen LogP) is 4.33. The molecule has 0 amide bonds. The van der Waals surface area contributed by atoms with Gasteiger partial charge in [-0.1, -0.05) is 20.8 Å². The minimum atomic E-state index is -1.58. The fourth-order valence-electron chi connectivity index (χ4n) is 2.50. The monoisotopic (exact) mass is 300 g/mol. The second kappa shape index (κ2) is 6.47. The summed E-state index contributed by atoms with van der Waals surface area (Å²) in [6, 6.07) is 0. The van der Waals surface area contributed by atoms with Gasteiger partial charge >= 0.3 is 0 Å². The smallest absolute Gasteiger partial charge is 0.191 e. The first kappa shape index (κ1) is 16.5. The average Bonchev–Trinajstić information content (AvgIpc) is 2.31. The van der Waals surface area contributed by atoms with Crippen molar-refractivity contribution in [1.82, 2.24) is 0 Å². The molecule has 4 heteroatoms. The number of hydrogen-bond donors (Lipinski definition) is 0. The van der Waals surface area contributed by atoms with Crippen molar-refractivity contribution in [3.8, 4) is 0 Å². The molecule has 0 aromatic heterocycles. The van der Waals surface area contributed by atoms with Crippen LogP contribution in [0.2, 0.25) is 18.1 Å². The van der Waals surface area contributed by atoms with Gasteiger partial charge in [0.25, 0.3) is 0 Å². The van der Waals surface area contributed by atoms with Crippen molar-refractivity contribution in [2.45, 2.75) is 83.4 Å². The van der Waals surface area contributed by atoms with Crippen molar-refractivity contribution in [3.05, 3.63) is 0 Å². The molecule has 0 aromatic carbocycles. The van der Waals surface area contributed by atoms with Crippen LogP contribution < -0.4 is 0 Å². The highest BCUT2D eigenvalue weighted by Crippen LogP contribution is 2.39. The van der Waals surface area contributed by atoms with E-state index in [-0.39, 0.29) is 6.29 Å². The van der Waals surface area contributed by atoms with Gasteiger partial charge in [0.15, 0.2) is 14.6 Å². The molecule has 1 heterocycles. The Morgan fingerprint density at radius 3 is 2.40 bits per heavy atom. The van der Waals surface area contributed by atoms with Crippen molar-refractivity contribution in [1.29, 1.82) is 0 Å². The fourth-order valence-corrected chi connectivity index (χ4v) is 3.58. The molecule has 118 valence electrons. The molecule has 1 saturated heterocycles. The van der Waals surface area contributed by atoms with Crippen LogP contribution in [-0.2, 0) is 13.9 Å². The van der Waals surface area contributed by atoms with Crippen molar-refractivity contribution in [3.63, 3.8) is 0 Å². The summed E-state index contributed by atoms with van der Waals surface area (Å²) >= 11 is 0. The predicted molar refractivity (Wildman–Crippen MR) is 84.3 cm³/mol. The van der Waals surface area contributed by atoms with E-state index < -0.39 is 8.32 Å². The quantitative estimate of drug-likeness (QED) is 0.707. The second-order valence-electron chi connectivity index (χ2n) is 7.96. The lowest BCUT2D eigenvalue weighted by atomic mass is 9.83. The minimum Gasteiger partial charge on any atom is -0.417 e. The van der Waals surface area contributed by atoms with Crippen LogP contribution in [0.25, 0.3) is 0 Å². The molecule has 2 aliphatic rings. The van der Waals surface area contributed by atoms with E-state index in [9.17, 15) is 0 Å². The molecule has 3 nitrogen and oxygen atoms in total. The van der Waals surface area contributed by atoms with Gasteiger partial charge in [0.1, 0.15) is 0 Å². The lowest BCUT2D eigenvalue weighted by molar-refractivity contribution is -0.211. The van der Waals surface area contributed by atoms with Crippen LogP contribution in [0.3, 0.4) is 0 Å². The molecule has 2 rings (SSSR count). The summed E-state index contributed by atoms with van der Waals surface area (Å²) in [5.74, 6) is 0.692. The summed E-state index contributed by atoms with van der Waals surface area (Å²) < 4.78 is 17.9. The van der Waals surface area contributed by atoms with E-state index in [1.165, 1.54) is 12.8 Å². The lowest BCUT2D eigenvalue weighted by Gasteiger charge is -2.42. The largest absolute Gasteiger partial charge is 0.417 e. The summed E-state index contributed by atoms with van der Waals surface area (Å²) in [5, 5.41) is 0.308. The van der Waals surface area contributed by atoms with Gasteiger partial charge in [0.05, 0.1) is 6.10 Å². The van der Waals surface area contributed by atoms with Crippen molar-refractivity contribution in [2.75, 3.05) is 13.2 Å². The zero-order chi connectivity index (χ0) is 14.8. The van der Waals surface area contributed by atoms with Gasteiger partial charge in [-0.15, -0.1) is 0 Å². The Morgan fingerprint density at radius 1 is 1.15 bits per heavy atom. The zero-order valence-electron chi connectivity index (χ0n) is 13.9. The Balaban J connectivity index is 1.62. The highest BCUT2D eigenvalue weighted by Gasteiger charge is 2.39. The van der Waals surface area contributed by atoms with Gasteiger partial charge in [-0.3, -0.25) is 0 Å². The Morgan fingerprint density at radius 2 is 1.85 bits per heavy atom. The number of ether oxygens (including phenoxy) is 2. The summed E-state index contributed by atoms with van der Waals surface area (Å²) in [6.07, 6.45) is 6.27. The fraction of sp³-hybridized carbons (Fsp3) is 1.00. The van der Waals surface area contributed by atoms with Crippen LogP contribution in [0.1, 0.15) is 52.9 Å². The topological polar surface area (TPSA) is 27.7 Å². The van der Waals surface area contributed by atoms with E-state index in [4.69, 9.17) is 13.9 Å². The standard InChI is InChI=1S/C16H32O3Si/c1-16(2,3)20(4,5)18-12-13-10-14(11-13)19-15-8-6-7-9-17-15/h13-15H,6-12H2,1-5H3. The third-order valence-corrected chi connectivity index (χ3v) is 9.66. The summed E-state index contributed by atoms with van der Waals surface area (Å²) in [7, 11) is -1.58. The van der Waals surface area contributed by atoms with Crippen LogP contribution in [0.4, 0.5) is 0 Å². The van der Waals surface area contributed by atoms with E-state index in [0.29, 0.717) is 17.1 Å². The maximum atomic E-state index is 6.29. The highest BCUT2D eigenvalue weighted by atomic mass is 28.4. The molecule has 0 radical (unpaired) electrons. The van der Waals surface area contributed by atoms with Crippen LogP contribution in [-0.4, -0.2) is 33.9 Å². The molecular formula is C16H32O3Si. The molecule has 1 atom stereocenters. The van der Waals surface area contributed by atoms with E-state index in [1.807, 2.05) is 0 Å². The summed E-state index contributed by atoms with van der Waals surface area (Å²) in [6.45, 7) is 13.3. The molecule has 2 fully saturated rings. The molecule has 1 saturated carbocycles. The summed E-state index contributed by atoms with van der Waals surface area (Å²) in [4.78, 5) is 0. The zero-order valence-corrected chi connectivity index (χ0v) is 14.9. The van der Waals surface area contributed by atoms with Gasteiger partial charge in [-0.05, 0) is 56.2 Å². The van der Waals surface area contributed by atoms with Gasteiger partial charge in [0, 0.05) is 13.2 Å². The first-order valence-electron chi connectivity index (χ1n) is 8.19. The SMILES string of the molecule is CC(C)(C)[Si](C)(C)OCC1CC(OC2CCCCO2)C1. The first-order chi connectivity index (χ1) is 9.28.